The fraction of sp³-hybridized carbons (Fsp3) is 0.588. The van der Waals surface area contributed by atoms with Gasteiger partial charge in [0.25, 0.3) is 0 Å². The summed E-state index contributed by atoms with van der Waals surface area (Å²) in [6.45, 7) is 8.07. The average Bonchev–Trinajstić information content (AvgIpc) is 3.07. The first kappa shape index (κ1) is 18.2. The molecule has 0 atom stereocenters. The molecule has 132 valence electrons. The van der Waals surface area contributed by atoms with E-state index in [9.17, 15) is 0 Å². The fourth-order valence-electron chi connectivity index (χ4n) is 2.76. The Bertz CT molecular complexity index is 594. The molecule has 24 heavy (non-hydrogen) atoms. The van der Waals surface area contributed by atoms with E-state index in [0.717, 1.165) is 43.9 Å². The molecular formula is C17H29N7. The third-order valence-electron chi connectivity index (χ3n) is 4.36. The molecule has 2 heterocycles. The van der Waals surface area contributed by atoms with Crippen molar-refractivity contribution in [2.24, 2.45) is 9.98 Å². The van der Waals surface area contributed by atoms with Gasteiger partial charge in [0, 0.05) is 26.7 Å². The number of amidine groups is 1. The zero-order chi connectivity index (χ0) is 17.5. The van der Waals surface area contributed by atoms with Crippen molar-refractivity contribution >= 4 is 17.5 Å². The minimum Gasteiger partial charge on any atom is -0.340 e. The highest BCUT2D eigenvalue weighted by atomic mass is 15.3. The summed E-state index contributed by atoms with van der Waals surface area (Å²) in [5, 5.41) is 7.76. The molecule has 2 rings (SSSR count). The Labute approximate surface area is 144 Å². The van der Waals surface area contributed by atoms with E-state index in [1.165, 1.54) is 0 Å². The van der Waals surface area contributed by atoms with E-state index in [2.05, 4.69) is 50.5 Å². The van der Waals surface area contributed by atoms with Crippen LogP contribution in [-0.2, 0) is 0 Å². The predicted molar refractivity (Wildman–Crippen MR) is 101 cm³/mol. The lowest BCUT2D eigenvalue weighted by atomic mass is 10.1. The van der Waals surface area contributed by atoms with Crippen molar-refractivity contribution < 1.29 is 0 Å². The Morgan fingerprint density at radius 3 is 2.79 bits per heavy atom. The number of aromatic nitrogens is 2. The number of piperidine rings is 1. The van der Waals surface area contributed by atoms with Gasteiger partial charge in [-0.2, -0.15) is 10.1 Å². The smallest absolute Gasteiger partial charge is 0.224 e. The molecule has 1 saturated heterocycles. The van der Waals surface area contributed by atoms with Crippen LogP contribution in [0.5, 0.6) is 0 Å². The first-order chi connectivity index (χ1) is 11.6. The van der Waals surface area contributed by atoms with E-state index in [0.29, 0.717) is 12.0 Å². The number of anilines is 1. The maximum Gasteiger partial charge on any atom is 0.224 e. The van der Waals surface area contributed by atoms with Gasteiger partial charge in [0.05, 0.1) is 17.9 Å². The standard InChI is InChI=1S/C17H29N7/c1-6-16(23(5)7-2)21-17(18-3)20-14-12-19-24(13-14)15-8-10-22(4)11-9-15/h7,12-13,15H,2,6,8-11H2,1,3-5H3,(H,18,20)/b21-16+. The highest BCUT2D eigenvalue weighted by molar-refractivity contribution is 6.02. The maximum atomic E-state index is 4.58. The molecule has 0 aromatic carbocycles. The van der Waals surface area contributed by atoms with Gasteiger partial charge in [0.15, 0.2) is 0 Å². The van der Waals surface area contributed by atoms with Crippen LogP contribution in [0.25, 0.3) is 0 Å². The van der Waals surface area contributed by atoms with Crippen molar-refractivity contribution in [1.82, 2.24) is 19.6 Å². The quantitative estimate of drug-likeness (QED) is 0.680. The SMILES string of the molecule is C=CN(C)/C(CC)=N/C(=N\C)Nc1cnn(C2CCN(C)CC2)c1. The number of guanidine groups is 1. The minimum atomic E-state index is 0.473. The lowest BCUT2D eigenvalue weighted by Gasteiger charge is -2.28. The van der Waals surface area contributed by atoms with E-state index in [-0.39, 0.29) is 0 Å². The summed E-state index contributed by atoms with van der Waals surface area (Å²) >= 11 is 0. The molecule has 1 aromatic heterocycles. The molecule has 0 saturated carbocycles. The van der Waals surface area contributed by atoms with E-state index >= 15 is 0 Å². The molecule has 7 nitrogen and oxygen atoms in total. The summed E-state index contributed by atoms with van der Waals surface area (Å²) in [6, 6.07) is 0.473. The van der Waals surface area contributed by atoms with Crippen molar-refractivity contribution in [3.63, 3.8) is 0 Å². The van der Waals surface area contributed by atoms with E-state index in [4.69, 9.17) is 0 Å². The highest BCUT2D eigenvalue weighted by Crippen LogP contribution is 2.22. The van der Waals surface area contributed by atoms with Crippen molar-refractivity contribution in [3.05, 3.63) is 25.2 Å². The van der Waals surface area contributed by atoms with Crippen molar-refractivity contribution in [2.45, 2.75) is 32.2 Å². The Hall–Kier alpha value is -2.15. The highest BCUT2D eigenvalue weighted by Gasteiger charge is 2.19. The Balaban J connectivity index is 2.04. The number of likely N-dealkylation sites (tertiary alicyclic amines) is 1. The number of hydrogen-bond acceptors (Lipinski definition) is 3. The zero-order valence-corrected chi connectivity index (χ0v) is 15.2. The molecule has 7 heteroatoms. The summed E-state index contributed by atoms with van der Waals surface area (Å²) in [5.74, 6) is 1.48. The molecule has 0 amide bonds. The third kappa shape index (κ3) is 4.67. The van der Waals surface area contributed by atoms with Gasteiger partial charge >= 0.3 is 0 Å². The molecule has 1 aliphatic rings. The molecule has 1 fully saturated rings. The summed E-state index contributed by atoms with van der Waals surface area (Å²) in [7, 11) is 5.83. The summed E-state index contributed by atoms with van der Waals surface area (Å²) in [6.07, 6.45) is 8.69. The maximum absolute atomic E-state index is 4.58. The zero-order valence-electron chi connectivity index (χ0n) is 15.2. The fourth-order valence-corrected chi connectivity index (χ4v) is 2.76. The van der Waals surface area contributed by atoms with Crippen LogP contribution in [0.3, 0.4) is 0 Å². The molecule has 0 radical (unpaired) electrons. The van der Waals surface area contributed by atoms with Crippen LogP contribution in [0.4, 0.5) is 5.69 Å². The summed E-state index contributed by atoms with van der Waals surface area (Å²) < 4.78 is 2.06. The van der Waals surface area contributed by atoms with Gasteiger partial charge < -0.3 is 15.1 Å². The summed E-state index contributed by atoms with van der Waals surface area (Å²) in [5.41, 5.74) is 0.912. The average molecular weight is 331 g/mol. The first-order valence-electron chi connectivity index (χ1n) is 8.46. The number of nitrogens with one attached hydrogen (secondary N) is 1. The van der Waals surface area contributed by atoms with Gasteiger partial charge in [-0.25, -0.2) is 0 Å². The Morgan fingerprint density at radius 1 is 1.50 bits per heavy atom. The van der Waals surface area contributed by atoms with Crippen LogP contribution in [0, 0.1) is 0 Å². The molecule has 0 unspecified atom stereocenters. The third-order valence-corrected chi connectivity index (χ3v) is 4.36. The van der Waals surface area contributed by atoms with Gasteiger partial charge in [0.1, 0.15) is 5.84 Å². The molecule has 1 aromatic rings. The van der Waals surface area contributed by atoms with Crippen LogP contribution in [0.1, 0.15) is 32.2 Å². The van der Waals surface area contributed by atoms with Crippen molar-refractivity contribution in [1.29, 1.82) is 0 Å². The predicted octanol–water partition coefficient (Wildman–Crippen LogP) is 2.43. The van der Waals surface area contributed by atoms with Gasteiger partial charge in [-0.05, 0) is 39.2 Å². The normalized spacial score (nSPS) is 17.8. The van der Waals surface area contributed by atoms with Gasteiger partial charge in [-0.1, -0.05) is 13.5 Å². The number of nitrogens with zero attached hydrogens (tertiary/aromatic N) is 6. The molecule has 1 N–H and O–H groups in total. The molecule has 0 bridgehead atoms. The van der Waals surface area contributed by atoms with Gasteiger partial charge in [0.2, 0.25) is 5.96 Å². The second-order valence-corrected chi connectivity index (χ2v) is 6.09. The molecule has 1 aliphatic heterocycles. The van der Waals surface area contributed by atoms with Gasteiger partial charge in [-0.3, -0.25) is 9.67 Å². The topological polar surface area (TPSA) is 61.1 Å². The molecular weight excluding hydrogens is 302 g/mol. The molecule has 0 aliphatic carbocycles. The van der Waals surface area contributed by atoms with Crippen LogP contribution >= 0.6 is 0 Å². The summed E-state index contributed by atoms with van der Waals surface area (Å²) in [4.78, 5) is 13.1. The lowest BCUT2D eigenvalue weighted by Crippen LogP contribution is -2.31. The van der Waals surface area contributed by atoms with E-state index < -0.39 is 0 Å². The lowest BCUT2D eigenvalue weighted by molar-refractivity contribution is 0.212. The monoisotopic (exact) mass is 331 g/mol. The number of aliphatic imine (C=N–C) groups is 2. The van der Waals surface area contributed by atoms with Crippen molar-refractivity contribution in [2.75, 3.05) is 39.5 Å². The largest absolute Gasteiger partial charge is 0.340 e. The van der Waals surface area contributed by atoms with E-state index in [1.807, 2.05) is 24.3 Å². The van der Waals surface area contributed by atoms with Crippen LogP contribution in [0.2, 0.25) is 0 Å². The number of rotatable bonds is 4. The number of hydrogen-bond donors (Lipinski definition) is 1. The van der Waals surface area contributed by atoms with Crippen molar-refractivity contribution in [3.8, 4) is 0 Å². The van der Waals surface area contributed by atoms with Crippen LogP contribution in [0.15, 0.2) is 35.2 Å². The van der Waals surface area contributed by atoms with Crippen LogP contribution < -0.4 is 5.32 Å². The second kappa shape index (κ2) is 8.63. The van der Waals surface area contributed by atoms with E-state index in [1.54, 1.807) is 13.2 Å². The minimum absolute atomic E-state index is 0.473. The Kier molecular flexibility index (Phi) is 6.54. The Morgan fingerprint density at radius 2 is 2.21 bits per heavy atom. The second-order valence-electron chi connectivity index (χ2n) is 6.09. The van der Waals surface area contributed by atoms with Crippen LogP contribution in [-0.4, -0.2) is 65.6 Å². The van der Waals surface area contributed by atoms with Gasteiger partial charge in [-0.15, -0.1) is 0 Å². The first-order valence-corrected chi connectivity index (χ1v) is 8.46. The molecule has 0 spiro atoms.